The second kappa shape index (κ2) is 9.85. The average molecular weight is 498 g/mol. The van der Waals surface area contributed by atoms with Crippen LogP contribution in [0.2, 0.25) is 0 Å². The molecule has 1 aromatic heterocycles. The van der Waals surface area contributed by atoms with Gasteiger partial charge in [-0.25, -0.2) is 13.4 Å². The van der Waals surface area contributed by atoms with Gasteiger partial charge in [0.15, 0.2) is 5.78 Å². The SMILES string of the molecule is CC(=O)c1ccc(NC(=O)[C@H](C)Sc2cc(C)c3cc(S(=O)(=O)N4CCCC4)ccc3n2)cc1. The highest BCUT2D eigenvalue weighted by Crippen LogP contribution is 2.30. The summed E-state index contributed by atoms with van der Waals surface area (Å²) in [5.74, 6) is -0.201. The number of nitrogens with zero attached hydrogens (tertiary/aromatic N) is 2. The van der Waals surface area contributed by atoms with E-state index < -0.39 is 15.3 Å². The van der Waals surface area contributed by atoms with Gasteiger partial charge in [0.2, 0.25) is 15.9 Å². The van der Waals surface area contributed by atoms with E-state index in [0.717, 1.165) is 23.8 Å². The number of nitrogens with one attached hydrogen (secondary N) is 1. The quantitative estimate of drug-likeness (QED) is 0.377. The Bertz CT molecular complexity index is 1350. The summed E-state index contributed by atoms with van der Waals surface area (Å²) in [5, 5.41) is 3.92. The predicted octanol–water partition coefficient (Wildman–Crippen LogP) is 4.65. The van der Waals surface area contributed by atoms with Crippen LogP contribution in [0.3, 0.4) is 0 Å². The fourth-order valence-electron chi connectivity index (χ4n) is 3.91. The normalized spacial score (nSPS) is 15.4. The second-order valence-corrected chi connectivity index (χ2v) is 11.7. The summed E-state index contributed by atoms with van der Waals surface area (Å²) >= 11 is 1.33. The highest BCUT2D eigenvalue weighted by Gasteiger charge is 2.27. The first kappa shape index (κ1) is 24.4. The minimum Gasteiger partial charge on any atom is -0.325 e. The molecule has 4 rings (SSSR count). The van der Waals surface area contributed by atoms with E-state index in [-0.39, 0.29) is 16.6 Å². The van der Waals surface area contributed by atoms with E-state index in [9.17, 15) is 18.0 Å². The number of hydrogen-bond acceptors (Lipinski definition) is 6. The molecule has 0 bridgehead atoms. The molecule has 1 aliphatic heterocycles. The molecule has 0 radical (unpaired) electrons. The van der Waals surface area contributed by atoms with Crippen LogP contribution in [0.25, 0.3) is 10.9 Å². The zero-order valence-corrected chi connectivity index (χ0v) is 21.0. The maximum atomic E-state index is 12.9. The summed E-state index contributed by atoms with van der Waals surface area (Å²) < 4.78 is 27.4. The van der Waals surface area contributed by atoms with Crippen molar-refractivity contribution in [2.75, 3.05) is 18.4 Å². The number of pyridine rings is 1. The zero-order valence-electron chi connectivity index (χ0n) is 19.4. The molecule has 2 aromatic carbocycles. The van der Waals surface area contributed by atoms with Crippen LogP contribution in [0.5, 0.6) is 0 Å². The molecule has 1 atom stereocenters. The minimum absolute atomic E-state index is 0.0275. The van der Waals surface area contributed by atoms with Gasteiger partial charge in [0.05, 0.1) is 20.7 Å². The van der Waals surface area contributed by atoms with E-state index in [1.165, 1.54) is 23.0 Å². The maximum Gasteiger partial charge on any atom is 0.243 e. The van der Waals surface area contributed by atoms with Gasteiger partial charge in [0.25, 0.3) is 0 Å². The number of carbonyl (C=O) groups is 2. The van der Waals surface area contributed by atoms with Crippen LogP contribution < -0.4 is 5.32 Å². The summed E-state index contributed by atoms with van der Waals surface area (Å²) in [6.07, 6.45) is 1.78. The van der Waals surface area contributed by atoms with Gasteiger partial charge >= 0.3 is 0 Å². The van der Waals surface area contributed by atoms with Crippen LogP contribution >= 0.6 is 11.8 Å². The van der Waals surface area contributed by atoms with E-state index in [1.54, 1.807) is 49.4 Å². The van der Waals surface area contributed by atoms with Gasteiger partial charge in [0, 0.05) is 29.7 Å². The Morgan fingerprint density at radius 2 is 1.74 bits per heavy atom. The lowest BCUT2D eigenvalue weighted by Gasteiger charge is -2.16. The highest BCUT2D eigenvalue weighted by atomic mass is 32.2. The fraction of sp³-hybridized carbons (Fsp3) is 0.320. The van der Waals surface area contributed by atoms with Crippen molar-refractivity contribution in [3.63, 3.8) is 0 Å². The standard InChI is InChI=1S/C25H27N3O4S2/c1-16-14-24(33-18(3)25(30)26-20-8-6-19(7-9-20)17(2)29)27-23-11-10-21(15-22(16)23)34(31,32)28-12-4-5-13-28/h6-11,14-15,18H,4-5,12-13H2,1-3H3,(H,26,30)/t18-/m0/s1. The Morgan fingerprint density at radius 3 is 2.38 bits per heavy atom. The maximum absolute atomic E-state index is 12.9. The Morgan fingerprint density at radius 1 is 1.06 bits per heavy atom. The molecule has 1 amide bonds. The number of anilines is 1. The lowest BCUT2D eigenvalue weighted by molar-refractivity contribution is -0.115. The largest absolute Gasteiger partial charge is 0.325 e. The summed E-state index contributed by atoms with van der Waals surface area (Å²) in [6, 6.07) is 13.7. The molecule has 178 valence electrons. The third-order valence-corrected chi connectivity index (χ3v) is 8.80. The number of hydrogen-bond donors (Lipinski definition) is 1. The number of thioether (sulfide) groups is 1. The van der Waals surface area contributed by atoms with Crippen molar-refractivity contribution in [3.8, 4) is 0 Å². The van der Waals surface area contributed by atoms with Crippen molar-refractivity contribution in [1.29, 1.82) is 0 Å². The van der Waals surface area contributed by atoms with Crippen LogP contribution in [0.4, 0.5) is 5.69 Å². The number of Topliss-reactive ketones (excluding diaryl/α,β-unsaturated/α-hetero) is 1. The molecule has 3 aromatic rings. The van der Waals surface area contributed by atoms with Crippen LogP contribution in [0, 0.1) is 6.92 Å². The molecule has 9 heteroatoms. The number of rotatable bonds is 7. The molecule has 34 heavy (non-hydrogen) atoms. The Labute approximate surface area is 204 Å². The Hall–Kier alpha value is -2.75. The third-order valence-electron chi connectivity index (χ3n) is 5.89. The second-order valence-electron chi connectivity index (χ2n) is 8.45. The van der Waals surface area contributed by atoms with Crippen molar-refractivity contribution in [2.24, 2.45) is 0 Å². The number of benzene rings is 2. The topological polar surface area (TPSA) is 96.4 Å². The molecule has 0 aliphatic carbocycles. The van der Waals surface area contributed by atoms with Gasteiger partial charge < -0.3 is 5.32 Å². The first-order valence-corrected chi connectivity index (χ1v) is 13.5. The van der Waals surface area contributed by atoms with E-state index in [4.69, 9.17) is 0 Å². The van der Waals surface area contributed by atoms with Gasteiger partial charge in [-0.1, -0.05) is 11.8 Å². The Balaban J connectivity index is 1.49. The molecule has 1 N–H and O–H groups in total. The first-order valence-electron chi connectivity index (χ1n) is 11.2. The van der Waals surface area contributed by atoms with E-state index in [0.29, 0.717) is 34.9 Å². The van der Waals surface area contributed by atoms with Crippen molar-refractivity contribution in [3.05, 3.63) is 59.7 Å². The number of fused-ring (bicyclic) bond motifs is 1. The molecule has 1 fully saturated rings. The van der Waals surface area contributed by atoms with Crippen molar-refractivity contribution < 1.29 is 18.0 Å². The monoisotopic (exact) mass is 497 g/mol. The average Bonchev–Trinajstić information content (AvgIpc) is 3.35. The van der Waals surface area contributed by atoms with Crippen LogP contribution in [-0.2, 0) is 14.8 Å². The van der Waals surface area contributed by atoms with Crippen LogP contribution in [0.1, 0.15) is 42.6 Å². The minimum atomic E-state index is -3.50. The van der Waals surface area contributed by atoms with Gasteiger partial charge in [-0.05, 0) is 87.7 Å². The van der Waals surface area contributed by atoms with Crippen molar-refractivity contribution in [1.82, 2.24) is 9.29 Å². The predicted molar refractivity (Wildman–Crippen MR) is 135 cm³/mol. The molecule has 0 unspecified atom stereocenters. The van der Waals surface area contributed by atoms with Gasteiger partial charge in [-0.3, -0.25) is 9.59 Å². The number of aryl methyl sites for hydroxylation is 1. The smallest absolute Gasteiger partial charge is 0.243 e. The molecular formula is C25H27N3O4S2. The zero-order chi connectivity index (χ0) is 24.5. The summed E-state index contributed by atoms with van der Waals surface area (Å²) in [5.41, 5.74) is 2.80. The number of carbonyl (C=O) groups excluding carboxylic acids is 2. The molecular weight excluding hydrogens is 470 g/mol. The summed E-state index contributed by atoms with van der Waals surface area (Å²) in [4.78, 5) is 29.0. The fourth-order valence-corrected chi connectivity index (χ4v) is 6.38. The highest BCUT2D eigenvalue weighted by molar-refractivity contribution is 8.00. The van der Waals surface area contributed by atoms with E-state index in [2.05, 4.69) is 10.3 Å². The Kier molecular flexibility index (Phi) is 7.06. The number of aromatic nitrogens is 1. The number of amides is 1. The molecule has 1 aliphatic rings. The van der Waals surface area contributed by atoms with Crippen LogP contribution in [0.15, 0.2) is 58.5 Å². The molecule has 1 saturated heterocycles. The number of sulfonamides is 1. The summed E-state index contributed by atoms with van der Waals surface area (Å²) in [7, 11) is -3.50. The van der Waals surface area contributed by atoms with Gasteiger partial charge in [-0.2, -0.15) is 4.31 Å². The van der Waals surface area contributed by atoms with Crippen molar-refractivity contribution in [2.45, 2.75) is 48.8 Å². The van der Waals surface area contributed by atoms with Gasteiger partial charge in [0.1, 0.15) is 0 Å². The lowest BCUT2D eigenvalue weighted by Crippen LogP contribution is -2.27. The molecule has 0 saturated carbocycles. The molecule has 7 nitrogen and oxygen atoms in total. The van der Waals surface area contributed by atoms with Crippen LogP contribution in [-0.4, -0.2) is 47.7 Å². The lowest BCUT2D eigenvalue weighted by atomic mass is 10.1. The summed E-state index contributed by atoms with van der Waals surface area (Å²) in [6.45, 7) is 6.35. The number of ketones is 1. The van der Waals surface area contributed by atoms with Gasteiger partial charge in [-0.15, -0.1) is 0 Å². The third kappa shape index (κ3) is 5.16. The molecule has 2 heterocycles. The van der Waals surface area contributed by atoms with E-state index >= 15 is 0 Å². The first-order chi connectivity index (χ1) is 16.1. The van der Waals surface area contributed by atoms with E-state index in [1.807, 2.05) is 13.0 Å². The van der Waals surface area contributed by atoms with Crippen molar-refractivity contribution >= 4 is 50.1 Å². The molecule has 0 spiro atoms.